The second-order valence-electron chi connectivity index (χ2n) is 6.47. The quantitative estimate of drug-likeness (QED) is 0.359. The molecule has 0 atom stereocenters. The summed E-state index contributed by atoms with van der Waals surface area (Å²) in [7, 11) is 0. The van der Waals surface area contributed by atoms with Gasteiger partial charge in [-0.1, -0.05) is 30.3 Å². The number of nitrogens with zero attached hydrogens (tertiary/aromatic N) is 3. The summed E-state index contributed by atoms with van der Waals surface area (Å²) in [5, 5.41) is 18.0. The summed E-state index contributed by atoms with van der Waals surface area (Å²) in [5.74, 6) is -1.29. The van der Waals surface area contributed by atoms with Crippen molar-refractivity contribution in [1.29, 1.82) is 0 Å². The Balaban J connectivity index is 1.66. The first-order chi connectivity index (χ1) is 14.6. The molecule has 2 N–H and O–H groups in total. The molecule has 30 heavy (non-hydrogen) atoms. The summed E-state index contributed by atoms with van der Waals surface area (Å²) < 4.78 is 14.7. The van der Waals surface area contributed by atoms with E-state index in [1.807, 2.05) is 36.5 Å². The summed E-state index contributed by atoms with van der Waals surface area (Å²) in [4.78, 5) is 11.1. The maximum Gasteiger partial charge on any atom is 0.335 e. The number of hydrogen-bond donors (Lipinski definition) is 2. The van der Waals surface area contributed by atoms with Gasteiger partial charge < -0.3 is 5.11 Å². The zero-order chi connectivity index (χ0) is 20.9. The molecule has 0 spiro atoms. The standard InChI is InChI=1S/C23H17FN4O2/c24-19-8-10-20(11-9-19)26-25-14-18-15-28(21-12-6-17(7-13-21)23(29)30)27-22(18)16-4-2-1-3-5-16/h1-15,26H,(H,29,30)/b25-14+. The van der Waals surface area contributed by atoms with Crippen molar-refractivity contribution in [2.24, 2.45) is 5.10 Å². The lowest BCUT2D eigenvalue weighted by atomic mass is 10.1. The molecule has 1 heterocycles. The molecule has 0 aliphatic carbocycles. The second kappa shape index (κ2) is 8.40. The van der Waals surface area contributed by atoms with Crippen molar-refractivity contribution >= 4 is 17.9 Å². The number of hydrazone groups is 1. The summed E-state index contributed by atoms with van der Waals surface area (Å²) >= 11 is 0. The molecule has 4 rings (SSSR count). The van der Waals surface area contributed by atoms with Gasteiger partial charge in [-0.15, -0.1) is 0 Å². The van der Waals surface area contributed by atoms with Crippen molar-refractivity contribution in [3.63, 3.8) is 0 Å². The van der Waals surface area contributed by atoms with Crippen molar-refractivity contribution < 1.29 is 14.3 Å². The zero-order valence-electron chi connectivity index (χ0n) is 15.7. The highest BCUT2D eigenvalue weighted by Crippen LogP contribution is 2.23. The Morgan fingerprint density at radius 3 is 2.37 bits per heavy atom. The van der Waals surface area contributed by atoms with Crippen LogP contribution in [0.15, 0.2) is 90.2 Å². The van der Waals surface area contributed by atoms with E-state index in [0.717, 1.165) is 22.5 Å². The monoisotopic (exact) mass is 400 g/mol. The van der Waals surface area contributed by atoms with Crippen LogP contribution in [-0.2, 0) is 0 Å². The SMILES string of the molecule is O=C(O)c1ccc(-n2cc(/C=N/Nc3ccc(F)cc3)c(-c3ccccc3)n2)cc1. The lowest BCUT2D eigenvalue weighted by Crippen LogP contribution is -1.98. The van der Waals surface area contributed by atoms with Gasteiger partial charge in [0, 0.05) is 17.3 Å². The Labute approximate surface area is 171 Å². The number of anilines is 1. The van der Waals surface area contributed by atoms with Gasteiger partial charge in [-0.2, -0.15) is 10.2 Å². The molecule has 0 fully saturated rings. The maximum atomic E-state index is 13.0. The number of carbonyl (C=O) groups is 1. The summed E-state index contributed by atoms with van der Waals surface area (Å²) in [6, 6.07) is 22.0. The van der Waals surface area contributed by atoms with Gasteiger partial charge in [0.15, 0.2) is 0 Å². The number of carboxylic acids is 1. The molecule has 4 aromatic rings. The predicted octanol–water partition coefficient (Wildman–Crippen LogP) is 4.82. The Hall–Kier alpha value is -4.26. The highest BCUT2D eigenvalue weighted by molar-refractivity contribution is 5.89. The Morgan fingerprint density at radius 1 is 1.00 bits per heavy atom. The number of aromatic nitrogens is 2. The fraction of sp³-hybridized carbons (Fsp3) is 0. The van der Waals surface area contributed by atoms with Crippen LogP contribution < -0.4 is 5.43 Å². The first kappa shape index (κ1) is 19.1. The van der Waals surface area contributed by atoms with Crippen LogP contribution in [0.2, 0.25) is 0 Å². The van der Waals surface area contributed by atoms with Gasteiger partial charge in [0.2, 0.25) is 0 Å². The van der Waals surface area contributed by atoms with Crippen LogP contribution in [0, 0.1) is 5.82 Å². The van der Waals surface area contributed by atoms with Crippen LogP contribution in [0.4, 0.5) is 10.1 Å². The van der Waals surface area contributed by atoms with Gasteiger partial charge in [0.25, 0.3) is 0 Å². The average Bonchev–Trinajstić information content (AvgIpc) is 3.20. The maximum absolute atomic E-state index is 13.0. The average molecular weight is 400 g/mol. The molecule has 6 nitrogen and oxygen atoms in total. The van der Waals surface area contributed by atoms with Crippen molar-refractivity contribution in [3.8, 4) is 16.9 Å². The van der Waals surface area contributed by atoms with Gasteiger partial charge in [-0.05, 0) is 48.5 Å². The largest absolute Gasteiger partial charge is 0.478 e. The number of nitrogens with one attached hydrogen (secondary N) is 1. The molecule has 0 bridgehead atoms. The number of benzene rings is 3. The predicted molar refractivity (Wildman–Crippen MR) is 114 cm³/mol. The van der Waals surface area contributed by atoms with E-state index in [0.29, 0.717) is 5.69 Å². The first-order valence-corrected chi connectivity index (χ1v) is 9.13. The molecule has 0 unspecified atom stereocenters. The van der Waals surface area contributed by atoms with Crippen molar-refractivity contribution in [3.05, 3.63) is 102 Å². The number of hydrogen-bond acceptors (Lipinski definition) is 4. The minimum absolute atomic E-state index is 0.208. The van der Waals surface area contributed by atoms with E-state index in [1.54, 1.807) is 35.2 Å². The molecule has 0 radical (unpaired) electrons. The van der Waals surface area contributed by atoms with Crippen LogP contribution in [0.3, 0.4) is 0 Å². The zero-order valence-corrected chi connectivity index (χ0v) is 15.7. The number of carboxylic acid groups (broad SMARTS) is 1. The highest BCUT2D eigenvalue weighted by Gasteiger charge is 2.11. The van der Waals surface area contributed by atoms with Crippen molar-refractivity contribution in [1.82, 2.24) is 9.78 Å². The Kier molecular flexibility index (Phi) is 5.34. The van der Waals surface area contributed by atoms with Gasteiger partial charge in [0.1, 0.15) is 11.5 Å². The number of halogens is 1. The van der Waals surface area contributed by atoms with Crippen molar-refractivity contribution in [2.75, 3.05) is 5.43 Å². The lowest BCUT2D eigenvalue weighted by Gasteiger charge is -2.02. The molecule has 0 saturated carbocycles. The molecule has 148 valence electrons. The molecule has 0 amide bonds. The van der Waals surface area contributed by atoms with E-state index in [9.17, 15) is 9.18 Å². The molecular formula is C23H17FN4O2. The highest BCUT2D eigenvalue weighted by atomic mass is 19.1. The van der Waals surface area contributed by atoms with Gasteiger partial charge in [0.05, 0.1) is 23.2 Å². The number of aromatic carboxylic acids is 1. The van der Waals surface area contributed by atoms with E-state index in [1.165, 1.54) is 24.3 Å². The van der Waals surface area contributed by atoms with Crippen LogP contribution in [0.5, 0.6) is 0 Å². The normalized spacial score (nSPS) is 11.0. The van der Waals surface area contributed by atoms with Gasteiger partial charge in [-0.25, -0.2) is 13.9 Å². The molecule has 3 aromatic carbocycles. The first-order valence-electron chi connectivity index (χ1n) is 9.13. The van der Waals surface area contributed by atoms with E-state index in [4.69, 9.17) is 5.11 Å². The fourth-order valence-electron chi connectivity index (χ4n) is 2.89. The molecule has 0 saturated heterocycles. The van der Waals surface area contributed by atoms with E-state index in [-0.39, 0.29) is 11.4 Å². The van der Waals surface area contributed by atoms with Crippen LogP contribution in [0.1, 0.15) is 15.9 Å². The van der Waals surface area contributed by atoms with Gasteiger partial charge >= 0.3 is 5.97 Å². The fourth-order valence-corrected chi connectivity index (χ4v) is 2.89. The lowest BCUT2D eigenvalue weighted by molar-refractivity contribution is 0.0697. The Bertz CT molecular complexity index is 1180. The topological polar surface area (TPSA) is 79.5 Å². The smallest absolute Gasteiger partial charge is 0.335 e. The Morgan fingerprint density at radius 2 is 1.70 bits per heavy atom. The molecule has 7 heteroatoms. The van der Waals surface area contributed by atoms with Crippen molar-refractivity contribution in [2.45, 2.75) is 0 Å². The van der Waals surface area contributed by atoms with Gasteiger partial charge in [-0.3, -0.25) is 5.43 Å². The molecule has 0 aliphatic heterocycles. The second-order valence-corrected chi connectivity index (χ2v) is 6.47. The molecule has 1 aromatic heterocycles. The minimum Gasteiger partial charge on any atom is -0.478 e. The molecular weight excluding hydrogens is 383 g/mol. The minimum atomic E-state index is -0.980. The van der Waals surface area contributed by atoms with E-state index < -0.39 is 5.97 Å². The van der Waals surface area contributed by atoms with E-state index in [2.05, 4.69) is 15.6 Å². The summed E-state index contributed by atoms with van der Waals surface area (Å²) in [6.45, 7) is 0. The third-order valence-electron chi connectivity index (χ3n) is 4.41. The third kappa shape index (κ3) is 4.25. The van der Waals surface area contributed by atoms with Crippen LogP contribution in [0.25, 0.3) is 16.9 Å². The van der Waals surface area contributed by atoms with E-state index >= 15 is 0 Å². The number of rotatable bonds is 6. The summed E-state index contributed by atoms with van der Waals surface area (Å²) in [5.41, 5.74) is 6.86. The molecule has 0 aliphatic rings. The van der Waals surface area contributed by atoms with Crippen LogP contribution in [-0.4, -0.2) is 27.1 Å². The third-order valence-corrected chi connectivity index (χ3v) is 4.41. The summed E-state index contributed by atoms with van der Waals surface area (Å²) in [6.07, 6.45) is 3.45. The van der Waals surface area contributed by atoms with Crippen LogP contribution >= 0.6 is 0 Å².